The fraction of sp³-hybridized carbons (Fsp3) is 0.375. The van der Waals surface area contributed by atoms with E-state index in [4.69, 9.17) is 0 Å². The molecule has 1 aliphatic rings. The zero-order chi connectivity index (χ0) is 13.3. The van der Waals surface area contributed by atoms with Gasteiger partial charge in [0.1, 0.15) is 0 Å². The standard InChI is InChI=1S/C16H19NOS/c1-12-6-7-14(19-12)10-17-16(11-18)9-8-13-4-2-3-5-15(13)16/h2-7,17-18H,8-11H2,1H3. The predicted octanol–water partition coefficient (Wildman–Crippen LogP) is 2.98. The van der Waals surface area contributed by atoms with Crippen LogP contribution in [0.25, 0.3) is 0 Å². The fourth-order valence-corrected chi connectivity index (χ4v) is 3.76. The number of hydrogen-bond donors (Lipinski definition) is 2. The molecule has 3 rings (SSSR count). The Bertz CT molecular complexity index is 578. The van der Waals surface area contributed by atoms with Gasteiger partial charge >= 0.3 is 0 Å². The number of aliphatic hydroxyl groups is 1. The second kappa shape index (κ2) is 5.08. The third kappa shape index (κ3) is 2.34. The van der Waals surface area contributed by atoms with Crippen molar-refractivity contribution in [1.29, 1.82) is 0 Å². The first kappa shape index (κ1) is 12.9. The Morgan fingerprint density at radius 3 is 2.84 bits per heavy atom. The largest absolute Gasteiger partial charge is 0.394 e. The van der Waals surface area contributed by atoms with Gasteiger partial charge in [-0.1, -0.05) is 24.3 Å². The van der Waals surface area contributed by atoms with Crippen molar-refractivity contribution in [2.75, 3.05) is 6.61 Å². The summed E-state index contributed by atoms with van der Waals surface area (Å²) in [5.74, 6) is 0. The fourth-order valence-electron chi connectivity index (χ4n) is 2.93. The van der Waals surface area contributed by atoms with E-state index >= 15 is 0 Å². The number of hydrogen-bond acceptors (Lipinski definition) is 3. The number of nitrogens with one attached hydrogen (secondary N) is 1. The van der Waals surface area contributed by atoms with E-state index < -0.39 is 0 Å². The summed E-state index contributed by atoms with van der Waals surface area (Å²) < 4.78 is 0. The SMILES string of the molecule is Cc1ccc(CNC2(CO)CCc3ccccc32)s1. The van der Waals surface area contributed by atoms with Gasteiger partial charge in [0.25, 0.3) is 0 Å². The summed E-state index contributed by atoms with van der Waals surface area (Å²) in [4.78, 5) is 2.66. The Balaban J connectivity index is 1.81. The molecular weight excluding hydrogens is 254 g/mol. The van der Waals surface area contributed by atoms with E-state index in [1.54, 1.807) is 0 Å². The van der Waals surface area contributed by atoms with Gasteiger partial charge in [0, 0.05) is 16.3 Å². The molecule has 1 aromatic carbocycles. The van der Waals surface area contributed by atoms with Crippen LogP contribution in [-0.2, 0) is 18.5 Å². The van der Waals surface area contributed by atoms with Crippen molar-refractivity contribution in [2.45, 2.75) is 31.8 Å². The van der Waals surface area contributed by atoms with Gasteiger partial charge < -0.3 is 10.4 Å². The molecule has 0 amide bonds. The molecule has 0 radical (unpaired) electrons. The van der Waals surface area contributed by atoms with Crippen molar-refractivity contribution in [1.82, 2.24) is 5.32 Å². The van der Waals surface area contributed by atoms with Gasteiger partial charge in [-0.2, -0.15) is 0 Å². The summed E-state index contributed by atoms with van der Waals surface area (Å²) in [6, 6.07) is 12.8. The molecule has 1 atom stereocenters. The molecule has 2 aromatic rings. The van der Waals surface area contributed by atoms with Crippen molar-refractivity contribution in [3.63, 3.8) is 0 Å². The second-order valence-electron chi connectivity index (χ2n) is 5.26. The average Bonchev–Trinajstić information content (AvgIpc) is 3.01. The molecule has 2 N–H and O–H groups in total. The highest BCUT2D eigenvalue weighted by Gasteiger charge is 2.37. The van der Waals surface area contributed by atoms with Gasteiger partial charge in [0.05, 0.1) is 12.1 Å². The van der Waals surface area contributed by atoms with Crippen LogP contribution < -0.4 is 5.32 Å². The molecule has 1 heterocycles. The summed E-state index contributed by atoms with van der Waals surface area (Å²) in [6.07, 6.45) is 2.03. The molecule has 0 saturated carbocycles. The highest BCUT2D eigenvalue weighted by molar-refractivity contribution is 7.11. The van der Waals surface area contributed by atoms with E-state index in [1.807, 2.05) is 11.3 Å². The highest BCUT2D eigenvalue weighted by Crippen LogP contribution is 2.36. The minimum absolute atomic E-state index is 0.161. The van der Waals surface area contributed by atoms with Crippen LogP contribution in [0, 0.1) is 6.92 Å². The molecule has 0 fully saturated rings. The molecule has 0 saturated heterocycles. The van der Waals surface area contributed by atoms with Crippen LogP contribution >= 0.6 is 11.3 Å². The van der Waals surface area contributed by atoms with E-state index in [0.29, 0.717) is 0 Å². The molecule has 0 bridgehead atoms. The number of rotatable bonds is 4. The lowest BCUT2D eigenvalue weighted by atomic mass is 9.92. The predicted molar refractivity (Wildman–Crippen MR) is 79.4 cm³/mol. The highest BCUT2D eigenvalue weighted by atomic mass is 32.1. The Kier molecular flexibility index (Phi) is 3.44. The topological polar surface area (TPSA) is 32.3 Å². The van der Waals surface area contributed by atoms with Crippen LogP contribution in [0.3, 0.4) is 0 Å². The van der Waals surface area contributed by atoms with E-state index in [2.05, 4.69) is 48.6 Å². The summed E-state index contributed by atoms with van der Waals surface area (Å²) in [6.45, 7) is 3.11. The van der Waals surface area contributed by atoms with Gasteiger partial charge in [-0.25, -0.2) is 0 Å². The summed E-state index contributed by atoms with van der Waals surface area (Å²) in [7, 11) is 0. The third-order valence-electron chi connectivity index (χ3n) is 4.02. The zero-order valence-electron chi connectivity index (χ0n) is 11.1. The quantitative estimate of drug-likeness (QED) is 0.897. The maximum absolute atomic E-state index is 9.89. The molecule has 3 heteroatoms. The van der Waals surface area contributed by atoms with E-state index in [1.165, 1.54) is 20.9 Å². The lowest BCUT2D eigenvalue weighted by molar-refractivity contribution is 0.159. The van der Waals surface area contributed by atoms with E-state index in [9.17, 15) is 5.11 Å². The molecule has 2 nitrogen and oxygen atoms in total. The van der Waals surface area contributed by atoms with E-state index in [0.717, 1.165) is 19.4 Å². The molecule has 1 aliphatic carbocycles. The van der Waals surface area contributed by atoms with Crippen molar-refractivity contribution < 1.29 is 5.11 Å². The first-order valence-corrected chi connectivity index (χ1v) is 7.55. The molecule has 100 valence electrons. The first-order valence-electron chi connectivity index (χ1n) is 6.73. The van der Waals surface area contributed by atoms with Crippen molar-refractivity contribution in [3.8, 4) is 0 Å². The third-order valence-corrected chi connectivity index (χ3v) is 5.02. The molecule has 1 unspecified atom stereocenters. The van der Waals surface area contributed by atoms with Crippen LogP contribution in [-0.4, -0.2) is 11.7 Å². The normalized spacial score (nSPS) is 21.6. The second-order valence-corrected chi connectivity index (χ2v) is 6.64. The maximum atomic E-state index is 9.89. The lowest BCUT2D eigenvalue weighted by Crippen LogP contribution is -2.43. The average molecular weight is 273 g/mol. The minimum atomic E-state index is -0.255. The smallest absolute Gasteiger partial charge is 0.0677 e. The van der Waals surface area contributed by atoms with Crippen LogP contribution in [0.15, 0.2) is 36.4 Å². The number of fused-ring (bicyclic) bond motifs is 1. The Morgan fingerprint density at radius 1 is 1.26 bits per heavy atom. The molecule has 19 heavy (non-hydrogen) atoms. The Hall–Kier alpha value is -1.16. The van der Waals surface area contributed by atoms with Crippen LogP contribution in [0.1, 0.15) is 27.3 Å². The number of aliphatic hydroxyl groups excluding tert-OH is 1. The van der Waals surface area contributed by atoms with Crippen LogP contribution in [0.4, 0.5) is 0 Å². The monoisotopic (exact) mass is 273 g/mol. The van der Waals surface area contributed by atoms with E-state index in [-0.39, 0.29) is 12.1 Å². The summed E-state index contributed by atoms with van der Waals surface area (Å²) >= 11 is 1.82. The number of benzene rings is 1. The number of aryl methyl sites for hydroxylation is 2. The Labute approximate surface area is 118 Å². The summed E-state index contributed by atoms with van der Waals surface area (Å²) in [5, 5.41) is 13.5. The number of thiophene rings is 1. The van der Waals surface area contributed by atoms with Crippen molar-refractivity contribution in [3.05, 3.63) is 57.3 Å². The minimum Gasteiger partial charge on any atom is -0.394 e. The zero-order valence-corrected chi connectivity index (χ0v) is 12.0. The van der Waals surface area contributed by atoms with Crippen LogP contribution in [0.2, 0.25) is 0 Å². The van der Waals surface area contributed by atoms with Gasteiger partial charge in [-0.15, -0.1) is 11.3 Å². The maximum Gasteiger partial charge on any atom is 0.0677 e. The summed E-state index contributed by atoms with van der Waals surface area (Å²) in [5.41, 5.74) is 2.38. The van der Waals surface area contributed by atoms with Gasteiger partial charge in [0.2, 0.25) is 0 Å². The van der Waals surface area contributed by atoms with Crippen LogP contribution in [0.5, 0.6) is 0 Å². The van der Waals surface area contributed by atoms with Crippen molar-refractivity contribution in [2.24, 2.45) is 0 Å². The van der Waals surface area contributed by atoms with Gasteiger partial charge in [-0.05, 0) is 43.0 Å². The van der Waals surface area contributed by atoms with Gasteiger partial charge in [0.15, 0.2) is 0 Å². The van der Waals surface area contributed by atoms with Crippen molar-refractivity contribution >= 4 is 11.3 Å². The molecule has 1 aromatic heterocycles. The molecular formula is C16H19NOS. The Morgan fingerprint density at radius 2 is 2.11 bits per heavy atom. The lowest BCUT2D eigenvalue weighted by Gasteiger charge is -2.29. The molecule has 0 aliphatic heterocycles. The first-order chi connectivity index (χ1) is 9.23. The molecule has 0 spiro atoms. The van der Waals surface area contributed by atoms with Gasteiger partial charge in [-0.3, -0.25) is 0 Å².